The van der Waals surface area contributed by atoms with Gasteiger partial charge in [0.15, 0.2) is 0 Å². The van der Waals surface area contributed by atoms with Gasteiger partial charge in [-0.15, -0.1) is 12.4 Å². The molecule has 0 aromatic heterocycles. The predicted molar refractivity (Wildman–Crippen MR) is 69.7 cm³/mol. The van der Waals surface area contributed by atoms with E-state index in [1.54, 1.807) is 0 Å². The van der Waals surface area contributed by atoms with Gasteiger partial charge in [-0.25, -0.2) is 0 Å². The highest BCUT2D eigenvalue weighted by molar-refractivity contribution is 5.85. The van der Waals surface area contributed by atoms with Crippen molar-refractivity contribution in [1.29, 1.82) is 0 Å². The minimum absolute atomic E-state index is 0. The molecule has 0 radical (unpaired) electrons. The van der Waals surface area contributed by atoms with Gasteiger partial charge in [0.2, 0.25) is 5.91 Å². The number of carbonyl (C=O) groups excluding carboxylic acids is 1. The molecule has 0 aliphatic carbocycles. The lowest BCUT2D eigenvalue weighted by Crippen LogP contribution is -2.41. The average molecular weight is 249 g/mol. The van der Waals surface area contributed by atoms with Crippen molar-refractivity contribution in [3.05, 3.63) is 0 Å². The van der Waals surface area contributed by atoms with Crippen molar-refractivity contribution in [2.24, 2.45) is 17.1 Å². The van der Waals surface area contributed by atoms with Crippen molar-refractivity contribution in [2.45, 2.75) is 40.0 Å². The van der Waals surface area contributed by atoms with Gasteiger partial charge >= 0.3 is 0 Å². The molecule has 1 rings (SSSR count). The number of hydrogen-bond acceptors (Lipinski definition) is 2. The lowest BCUT2D eigenvalue weighted by Gasteiger charge is -2.33. The van der Waals surface area contributed by atoms with Gasteiger partial charge in [-0.1, -0.05) is 20.8 Å². The maximum absolute atomic E-state index is 11.9. The van der Waals surface area contributed by atoms with Gasteiger partial charge < -0.3 is 10.6 Å². The molecule has 0 unspecified atom stereocenters. The fraction of sp³-hybridized carbons (Fsp3) is 0.917. The number of carbonyl (C=O) groups is 1. The van der Waals surface area contributed by atoms with Gasteiger partial charge in [-0.05, 0) is 30.7 Å². The fourth-order valence-electron chi connectivity index (χ4n) is 1.98. The monoisotopic (exact) mass is 248 g/mol. The van der Waals surface area contributed by atoms with Crippen LogP contribution in [0, 0.1) is 11.3 Å². The zero-order chi connectivity index (χ0) is 11.5. The second kappa shape index (κ2) is 6.45. The van der Waals surface area contributed by atoms with E-state index in [2.05, 4.69) is 20.8 Å². The van der Waals surface area contributed by atoms with Crippen LogP contribution in [-0.2, 0) is 4.79 Å². The first-order chi connectivity index (χ1) is 6.92. The number of piperidine rings is 1. The summed E-state index contributed by atoms with van der Waals surface area (Å²) in [4.78, 5) is 13.9. The molecule has 0 saturated carbocycles. The summed E-state index contributed by atoms with van der Waals surface area (Å²) in [6, 6.07) is 0. The molecule has 1 amide bonds. The lowest BCUT2D eigenvalue weighted by atomic mass is 9.90. The zero-order valence-corrected chi connectivity index (χ0v) is 11.5. The van der Waals surface area contributed by atoms with Crippen molar-refractivity contribution in [3.63, 3.8) is 0 Å². The summed E-state index contributed by atoms with van der Waals surface area (Å²) in [5, 5.41) is 0. The molecular formula is C12H25ClN2O. The van der Waals surface area contributed by atoms with E-state index in [9.17, 15) is 4.79 Å². The summed E-state index contributed by atoms with van der Waals surface area (Å²) in [5.74, 6) is 0.932. The molecule has 0 atom stereocenters. The third-order valence-corrected chi connectivity index (χ3v) is 2.98. The molecule has 1 aliphatic rings. The Morgan fingerprint density at radius 1 is 1.31 bits per heavy atom. The Bertz CT molecular complexity index is 218. The normalized spacial score (nSPS) is 18.1. The van der Waals surface area contributed by atoms with Gasteiger partial charge in [-0.2, -0.15) is 0 Å². The van der Waals surface area contributed by atoms with Crippen molar-refractivity contribution in [3.8, 4) is 0 Å². The van der Waals surface area contributed by atoms with Crippen LogP contribution in [0.5, 0.6) is 0 Å². The Hall–Kier alpha value is -0.280. The Morgan fingerprint density at radius 2 is 1.81 bits per heavy atom. The number of nitrogens with zero attached hydrogens (tertiary/aromatic N) is 1. The molecule has 1 heterocycles. The van der Waals surface area contributed by atoms with Crippen LogP contribution in [0.2, 0.25) is 0 Å². The highest BCUT2D eigenvalue weighted by Gasteiger charge is 2.25. The third kappa shape index (κ3) is 5.17. The van der Waals surface area contributed by atoms with Crippen molar-refractivity contribution in [2.75, 3.05) is 19.6 Å². The first-order valence-corrected chi connectivity index (χ1v) is 5.90. The largest absolute Gasteiger partial charge is 0.343 e. The van der Waals surface area contributed by atoms with Gasteiger partial charge in [-0.3, -0.25) is 4.79 Å². The zero-order valence-electron chi connectivity index (χ0n) is 10.7. The summed E-state index contributed by atoms with van der Waals surface area (Å²) < 4.78 is 0. The highest BCUT2D eigenvalue weighted by Crippen LogP contribution is 2.22. The Balaban J connectivity index is 0.00000225. The number of likely N-dealkylation sites (tertiary alicyclic amines) is 1. The van der Waals surface area contributed by atoms with E-state index in [-0.39, 0.29) is 17.8 Å². The van der Waals surface area contributed by atoms with Crippen molar-refractivity contribution >= 4 is 18.3 Å². The van der Waals surface area contributed by atoms with Crippen molar-refractivity contribution < 1.29 is 4.79 Å². The molecule has 1 saturated heterocycles. The van der Waals surface area contributed by atoms with Gasteiger partial charge in [0, 0.05) is 19.5 Å². The van der Waals surface area contributed by atoms with Crippen molar-refractivity contribution in [1.82, 2.24) is 4.90 Å². The summed E-state index contributed by atoms with van der Waals surface area (Å²) in [5.41, 5.74) is 5.72. The SMILES string of the molecule is CC(C)(C)CC(=O)N1CCC(CN)CC1.Cl. The Morgan fingerprint density at radius 3 is 2.19 bits per heavy atom. The maximum atomic E-state index is 11.9. The molecule has 1 aliphatic heterocycles. The molecule has 0 spiro atoms. The molecule has 2 N–H and O–H groups in total. The van der Waals surface area contributed by atoms with E-state index in [1.807, 2.05) is 4.90 Å². The number of halogens is 1. The second-order valence-electron chi connectivity index (χ2n) is 5.80. The lowest BCUT2D eigenvalue weighted by molar-refractivity contribution is -0.134. The van der Waals surface area contributed by atoms with Crippen LogP contribution < -0.4 is 5.73 Å². The van der Waals surface area contributed by atoms with Crippen LogP contribution in [0.1, 0.15) is 40.0 Å². The molecule has 0 aromatic carbocycles. The minimum Gasteiger partial charge on any atom is -0.343 e. The first-order valence-electron chi connectivity index (χ1n) is 5.90. The number of amides is 1. The van der Waals surface area contributed by atoms with Crippen LogP contribution in [0.4, 0.5) is 0 Å². The second-order valence-corrected chi connectivity index (χ2v) is 5.80. The maximum Gasteiger partial charge on any atom is 0.223 e. The topological polar surface area (TPSA) is 46.3 Å². The smallest absolute Gasteiger partial charge is 0.223 e. The summed E-state index contributed by atoms with van der Waals surface area (Å²) in [6.45, 7) is 8.89. The summed E-state index contributed by atoms with van der Waals surface area (Å²) in [6.07, 6.45) is 2.80. The molecule has 0 bridgehead atoms. The average Bonchev–Trinajstić information content (AvgIpc) is 2.15. The Labute approximate surface area is 105 Å². The molecular weight excluding hydrogens is 224 g/mol. The van der Waals surface area contributed by atoms with Gasteiger partial charge in [0.1, 0.15) is 0 Å². The van der Waals surface area contributed by atoms with E-state index in [0.29, 0.717) is 18.2 Å². The van der Waals surface area contributed by atoms with E-state index in [1.165, 1.54) is 0 Å². The van der Waals surface area contributed by atoms with E-state index in [0.717, 1.165) is 32.5 Å². The van der Waals surface area contributed by atoms with Gasteiger partial charge in [0.05, 0.1) is 0 Å². The van der Waals surface area contributed by atoms with Crippen LogP contribution in [0.3, 0.4) is 0 Å². The number of rotatable bonds is 2. The first kappa shape index (κ1) is 15.7. The predicted octanol–water partition coefficient (Wildman–Crippen LogP) is 2.04. The number of nitrogens with two attached hydrogens (primary N) is 1. The highest BCUT2D eigenvalue weighted by atomic mass is 35.5. The quantitative estimate of drug-likeness (QED) is 0.813. The third-order valence-electron chi connectivity index (χ3n) is 2.98. The molecule has 1 fully saturated rings. The number of hydrogen-bond donors (Lipinski definition) is 1. The molecule has 0 aromatic rings. The fourth-order valence-corrected chi connectivity index (χ4v) is 1.98. The summed E-state index contributed by atoms with van der Waals surface area (Å²) >= 11 is 0. The molecule has 4 heteroatoms. The van der Waals surface area contributed by atoms with Crippen LogP contribution in [0.25, 0.3) is 0 Å². The van der Waals surface area contributed by atoms with E-state index >= 15 is 0 Å². The van der Waals surface area contributed by atoms with E-state index in [4.69, 9.17) is 5.73 Å². The minimum atomic E-state index is 0. The van der Waals surface area contributed by atoms with Gasteiger partial charge in [0.25, 0.3) is 0 Å². The van der Waals surface area contributed by atoms with Crippen LogP contribution in [0.15, 0.2) is 0 Å². The standard InChI is InChI=1S/C12H24N2O.ClH/c1-12(2,3)8-11(15)14-6-4-10(9-13)5-7-14;/h10H,4-9,13H2,1-3H3;1H. The molecule has 3 nitrogen and oxygen atoms in total. The van der Waals surface area contributed by atoms with E-state index < -0.39 is 0 Å². The molecule has 96 valence electrons. The Kier molecular flexibility index (Phi) is 6.34. The van der Waals surface area contributed by atoms with Crippen LogP contribution in [-0.4, -0.2) is 30.4 Å². The summed E-state index contributed by atoms with van der Waals surface area (Å²) in [7, 11) is 0. The molecule has 16 heavy (non-hydrogen) atoms. The van der Waals surface area contributed by atoms with Crippen LogP contribution >= 0.6 is 12.4 Å².